The van der Waals surface area contributed by atoms with E-state index in [4.69, 9.17) is 0 Å². The summed E-state index contributed by atoms with van der Waals surface area (Å²) in [5, 5.41) is 0. The average Bonchev–Trinajstić information content (AvgIpc) is 2.35. The van der Waals surface area contributed by atoms with Gasteiger partial charge in [0.15, 0.2) is 5.78 Å². The van der Waals surface area contributed by atoms with Crippen molar-refractivity contribution in [3.63, 3.8) is 0 Å². The molecule has 0 amide bonds. The Bertz CT molecular complexity index is 413. The van der Waals surface area contributed by atoms with Crippen LogP contribution in [0, 0.1) is 5.92 Å². The van der Waals surface area contributed by atoms with E-state index in [1.54, 1.807) is 0 Å². The number of hydrogen-bond acceptors (Lipinski definition) is 3. The van der Waals surface area contributed by atoms with E-state index in [1.807, 2.05) is 37.3 Å². The molecule has 1 aromatic rings. The lowest BCUT2D eigenvalue weighted by atomic mass is 9.98. The van der Waals surface area contributed by atoms with Crippen LogP contribution in [0.15, 0.2) is 30.3 Å². The van der Waals surface area contributed by atoms with Crippen molar-refractivity contribution in [2.24, 2.45) is 5.92 Å². The minimum Gasteiger partial charge on any atom is -0.299 e. The lowest BCUT2D eigenvalue weighted by molar-refractivity contribution is -0.125. The number of hydrogen-bond donors (Lipinski definition) is 0. The van der Waals surface area contributed by atoms with Crippen molar-refractivity contribution in [2.75, 3.05) is 19.6 Å². The van der Waals surface area contributed by atoms with Crippen molar-refractivity contribution in [1.82, 2.24) is 4.90 Å². The van der Waals surface area contributed by atoms with Crippen molar-refractivity contribution in [3.8, 4) is 0 Å². The molecule has 1 aliphatic rings. The van der Waals surface area contributed by atoms with Gasteiger partial charge in [0, 0.05) is 31.0 Å². The SMILES string of the molecule is CC1CN(CC(=O)c2ccccc2)CCC1=O. The summed E-state index contributed by atoms with van der Waals surface area (Å²) in [4.78, 5) is 25.4. The van der Waals surface area contributed by atoms with Gasteiger partial charge in [-0.2, -0.15) is 0 Å². The number of rotatable bonds is 3. The number of nitrogens with zero attached hydrogens (tertiary/aromatic N) is 1. The highest BCUT2D eigenvalue weighted by atomic mass is 16.1. The van der Waals surface area contributed by atoms with Crippen LogP contribution in [0.25, 0.3) is 0 Å². The van der Waals surface area contributed by atoms with Gasteiger partial charge in [0.1, 0.15) is 5.78 Å². The fraction of sp³-hybridized carbons (Fsp3) is 0.429. The molecule has 0 saturated carbocycles. The summed E-state index contributed by atoms with van der Waals surface area (Å²) < 4.78 is 0. The van der Waals surface area contributed by atoms with Gasteiger partial charge in [-0.3, -0.25) is 14.5 Å². The summed E-state index contributed by atoms with van der Waals surface area (Å²) >= 11 is 0. The predicted molar refractivity (Wildman–Crippen MR) is 66.0 cm³/mol. The van der Waals surface area contributed by atoms with Crippen molar-refractivity contribution in [2.45, 2.75) is 13.3 Å². The summed E-state index contributed by atoms with van der Waals surface area (Å²) in [6.07, 6.45) is 0.573. The zero-order valence-corrected chi connectivity index (χ0v) is 10.1. The van der Waals surface area contributed by atoms with Crippen LogP contribution in [0.2, 0.25) is 0 Å². The third-order valence-corrected chi connectivity index (χ3v) is 3.22. The summed E-state index contributed by atoms with van der Waals surface area (Å²) in [5.74, 6) is 0.507. The van der Waals surface area contributed by atoms with E-state index in [1.165, 1.54) is 0 Å². The first-order valence-electron chi connectivity index (χ1n) is 6.00. The van der Waals surface area contributed by atoms with E-state index in [0.29, 0.717) is 31.8 Å². The molecule has 0 aromatic heterocycles. The molecule has 2 rings (SSSR count). The maximum atomic E-state index is 12.0. The van der Waals surface area contributed by atoms with Gasteiger partial charge < -0.3 is 0 Å². The standard InChI is InChI=1S/C14H17NO2/c1-11-9-15(8-7-13(11)16)10-14(17)12-5-3-2-4-6-12/h2-6,11H,7-10H2,1H3. The quantitative estimate of drug-likeness (QED) is 0.744. The molecule has 0 N–H and O–H groups in total. The summed E-state index contributed by atoms with van der Waals surface area (Å²) in [6.45, 7) is 3.77. The number of carbonyl (C=O) groups is 2. The second kappa shape index (κ2) is 5.23. The molecule has 1 heterocycles. The Balaban J connectivity index is 1.94. The molecule has 17 heavy (non-hydrogen) atoms. The Kier molecular flexibility index (Phi) is 3.69. The van der Waals surface area contributed by atoms with Crippen LogP contribution in [-0.2, 0) is 4.79 Å². The molecule has 0 spiro atoms. The first-order chi connectivity index (χ1) is 8.16. The molecule has 0 bridgehead atoms. The largest absolute Gasteiger partial charge is 0.299 e. The van der Waals surface area contributed by atoms with E-state index in [9.17, 15) is 9.59 Å². The molecule has 1 fully saturated rings. The van der Waals surface area contributed by atoms with Crippen LogP contribution >= 0.6 is 0 Å². The third kappa shape index (κ3) is 3.01. The fourth-order valence-electron chi connectivity index (χ4n) is 2.16. The fourth-order valence-corrected chi connectivity index (χ4v) is 2.16. The number of ketones is 2. The highest BCUT2D eigenvalue weighted by Gasteiger charge is 2.24. The van der Waals surface area contributed by atoms with Crippen molar-refractivity contribution < 1.29 is 9.59 Å². The zero-order chi connectivity index (χ0) is 12.3. The van der Waals surface area contributed by atoms with E-state index < -0.39 is 0 Å². The van der Waals surface area contributed by atoms with Gasteiger partial charge in [-0.25, -0.2) is 0 Å². The van der Waals surface area contributed by atoms with Gasteiger partial charge in [0.2, 0.25) is 0 Å². The Morgan fingerprint density at radius 3 is 2.71 bits per heavy atom. The van der Waals surface area contributed by atoms with Gasteiger partial charge in [0.25, 0.3) is 0 Å². The minimum absolute atomic E-state index is 0.0623. The second-order valence-electron chi connectivity index (χ2n) is 4.64. The normalized spacial score (nSPS) is 21.5. The number of carbonyl (C=O) groups excluding carboxylic acids is 2. The molecule has 1 unspecified atom stereocenters. The van der Waals surface area contributed by atoms with Gasteiger partial charge in [0.05, 0.1) is 6.54 Å². The summed E-state index contributed by atoms with van der Waals surface area (Å²) in [7, 11) is 0. The molecule has 1 atom stereocenters. The molecule has 0 radical (unpaired) electrons. The average molecular weight is 231 g/mol. The Morgan fingerprint density at radius 2 is 2.06 bits per heavy atom. The lowest BCUT2D eigenvalue weighted by Gasteiger charge is -2.29. The monoisotopic (exact) mass is 231 g/mol. The van der Waals surface area contributed by atoms with E-state index >= 15 is 0 Å². The first kappa shape index (κ1) is 12.0. The number of likely N-dealkylation sites (tertiary alicyclic amines) is 1. The van der Waals surface area contributed by atoms with Crippen LogP contribution in [0.5, 0.6) is 0 Å². The Hall–Kier alpha value is -1.48. The summed E-state index contributed by atoms with van der Waals surface area (Å²) in [6, 6.07) is 9.31. The molecule has 1 saturated heterocycles. The van der Waals surface area contributed by atoms with E-state index in [2.05, 4.69) is 4.90 Å². The van der Waals surface area contributed by atoms with E-state index in [-0.39, 0.29) is 11.7 Å². The number of Topliss-reactive ketones (excluding diaryl/α,β-unsaturated/α-hetero) is 2. The molecule has 3 heteroatoms. The molecule has 0 aliphatic carbocycles. The maximum absolute atomic E-state index is 12.0. The van der Waals surface area contributed by atoms with Crippen LogP contribution in [0.4, 0.5) is 0 Å². The molecule has 3 nitrogen and oxygen atoms in total. The van der Waals surface area contributed by atoms with Crippen LogP contribution < -0.4 is 0 Å². The minimum atomic E-state index is 0.0623. The van der Waals surface area contributed by atoms with Crippen LogP contribution in [0.1, 0.15) is 23.7 Å². The third-order valence-electron chi connectivity index (χ3n) is 3.22. The van der Waals surface area contributed by atoms with Crippen molar-refractivity contribution in [3.05, 3.63) is 35.9 Å². The Morgan fingerprint density at radius 1 is 1.35 bits per heavy atom. The highest BCUT2D eigenvalue weighted by Crippen LogP contribution is 2.13. The number of benzene rings is 1. The molecular weight excluding hydrogens is 214 g/mol. The second-order valence-corrected chi connectivity index (χ2v) is 4.64. The molecular formula is C14H17NO2. The summed E-state index contributed by atoms with van der Waals surface area (Å²) in [5.41, 5.74) is 0.747. The molecule has 1 aromatic carbocycles. The first-order valence-corrected chi connectivity index (χ1v) is 6.00. The topological polar surface area (TPSA) is 37.4 Å². The smallest absolute Gasteiger partial charge is 0.176 e. The van der Waals surface area contributed by atoms with E-state index in [0.717, 1.165) is 5.56 Å². The Labute approximate surface area is 101 Å². The van der Waals surface area contributed by atoms with Crippen molar-refractivity contribution >= 4 is 11.6 Å². The van der Waals surface area contributed by atoms with Gasteiger partial charge in [-0.05, 0) is 0 Å². The molecule has 90 valence electrons. The van der Waals surface area contributed by atoms with Crippen molar-refractivity contribution in [1.29, 1.82) is 0 Å². The highest BCUT2D eigenvalue weighted by molar-refractivity contribution is 5.97. The van der Waals surface area contributed by atoms with Crippen LogP contribution in [0.3, 0.4) is 0 Å². The zero-order valence-electron chi connectivity index (χ0n) is 10.1. The number of piperidine rings is 1. The molecule has 1 aliphatic heterocycles. The van der Waals surface area contributed by atoms with Crippen LogP contribution in [-0.4, -0.2) is 36.1 Å². The lowest BCUT2D eigenvalue weighted by Crippen LogP contribution is -2.42. The van der Waals surface area contributed by atoms with Gasteiger partial charge in [-0.15, -0.1) is 0 Å². The van der Waals surface area contributed by atoms with Gasteiger partial charge in [-0.1, -0.05) is 37.3 Å². The predicted octanol–water partition coefficient (Wildman–Crippen LogP) is 1.78. The van der Waals surface area contributed by atoms with Gasteiger partial charge >= 0.3 is 0 Å². The maximum Gasteiger partial charge on any atom is 0.176 e.